The molecule has 2 heterocycles. The predicted molar refractivity (Wildman–Crippen MR) is 84.5 cm³/mol. The molecular formula is C13H15BrN4O2S. The maximum Gasteiger partial charge on any atom is 0.297 e. The number of aryl methyl sites for hydroxylation is 1. The molecule has 2 rings (SSSR count). The van der Waals surface area contributed by atoms with E-state index in [2.05, 4.69) is 44.6 Å². The van der Waals surface area contributed by atoms with Gasteiger partial charge < -0.3 is 5.32 Å². The zero-order valence-corrected chi connectivity index (χ0v) is 14.3. The summed E-state index contributed by atoms with van der Waals surface area (Å²) in [5.74, 6) is -0.846. The van der Waals surface area contributed by atoms with Crippen LogP contribution in [0.3, 0.4) is 0 Å². The van der Waals surface area contributed by atoms with Crippen molar-refractivity contribution >= 4 is 44.2 Å². The summed E-state index contributed by atoms with van der Waals surface area (Å²) in [6.07, 6.45) is 3.69. The van der Waals surface area contributed by atoms with Gasteiger partial charge in [0.25, 0.3) is 11.7 Å². The Morgan fingerprint density at radius 2 is 2.19 bits per heavy atom. The lowest BCUT2D eigenvalue weighted by Gasteiger charge is -2.03. The molecule has 0 aromatic carbocycles. The van der Waals surface area contributed by atoms with E-state index in [0.29, 0.717) is 10.9 Å². The van der Waals surface area contributed by atoms with E-state index >= 15 is 0 Å². The SMILES string of the molecule is CC(C)Cc1nsc(NC(=O)C(=O)c2cnn(C)c2)c1Br. The fourth-order valence-corrected chi connectivity index (χ4v) is 3.12. The van der Waals surface area contributed by atoms with Crippen molar-refractivity contribution in [1.29, 1.82) is 0 Å². The van der Waals surface area contributed by atoms with E-state index in [-0.39, 0.29) is 5.56 Å². The van der Waals surface area contributed by atoms with Gasteiger partial charge in [0, 0.05) is 13.2 Å². The molecule has 0 unspecified atom stereocenters. The van der Waals surface area contributed by atoms with Crippen LogP contribution in [0, 0.1) is 5.92 Å². The van der Waals surface area contributed by atoms with Crippen molar-refractivity contribution in [1.82, 2.24) is 14.2 Å². The molecule has 0 aliphatic rings. The van der Waals surface area contributed by atoms with Crippen LogP contribution in [0.15, 0.2) is 16.9 Å². The summed E-state index contributed by atoms with van der Waals surface area (Å²) in [6, 6.07) is 0. The molecule has 8 heteroatoms. The Bertz CT molecular complexity index is 678. The average molecular weight is 371 g/mol. The van der Waals surface area contributed by atoms with E-state index in [1.807, 2.05) is 0 Å². The molecule has 112 valence electrons. The Kier molecular flexibility index (Phi) is 4.89. The smallest absolute Gasteiger partial charge is 0.297 e. The second kappa shape index (κ2) is 6.48. The van der Waals surface area contributed by atoms with Gasteiger partial charge in [0.15, 0.2) is 0 Å². The molecule has 6 nitrogen and oxygen atoms in total. The predicted octanol–water partition coefficient (Wildman–Crippen LogP) is 2.66. The van der Waals surface area contributed by atoms with Gasteiger partial charge in [-0.05, 0) is 39.8 Å². The topological polar surface area (TPSA) is 76.9 Å². The van der Waals surface area contributed by atoms with Gasteiger partial charge >= 0.3 is 0 Å². The molecule has 0 spiro atoms. The summed E-state index contributed by atoms with van der Waals surface area (Å²) >= 11 is 4.59. The van der Waals surface area contributed by atoms with Gasteiger partial charge in [-0.3, -0.25) is 14.3 Å². The number of amides is 1. The number of aromatic nitrogens is 3. The first-order chi connectivity index (χ1) is 9.88. The number of Topliss-reactive ketones (excluding diaryl/α,β-unsaturated/α-hetero) is 1. The van der Waals surface area contributed by atoms with Crippen LogP contribution in [-0.2, 0) is 18.3 Å². The second-order valence-corrected chi connectivity index (χ2v) is 6.62. The van der Waals surface area contributed by atoms with E-state index in [1.54, 1.807) is 7.05 Å². The maximum atomic E-state index is 12.0. The maximum absolute atomic E-state index is 12.0. The molecule has 0 saturated heterocycles. The van der Waals surface area contributed by atoms with Crippen LogP contribution >= 0.6 is 27.5 Å². The summed E-state index contributed by atoms with van der Waals surface area (Å²) in [4.78, 5) is 23.9. The Hall–Kier alpha value is -1.54. The van der Waals surface area contributed by atoms with Gasteiger partial charge in [-0.1, -0.05) is 13.8 Å². The second-order valence-electron chi connectivity index (χ2n) is 5.06. The summed E-state index contributed by atoms with van der Waals surface area (Å²) in [5, 5.41) is 7.02. The number of anilines is 1. The molecule has 0 aliphatic carbocycles. The molecule has 0 radical (unpaired) electrons. The number of halogens is 1. The van der Waals surface area contributed by atoms with Crippen molar-refractivity contribution in [2.45, 2.75) is 20.3 Å². The zero-order chi connectivity index (χ0) is 15.6. The van der Waals surface area contributed by atoms with E-state index in [0.717, 1.165) is 28.1 Å². The summed E-state index contributed by atoms with van der Waals surface area (Å²) in [5.41, 5.74) is 1.15. The molecule has 0 atom stereocenters. The molecule has 0 saturated carbocycles. The minimum atomic E-state index is -0.691. The highest BCUT2D eigenvalue weighted by atomic mass is 79.9. The molecular weight excluding hydrogens is 356 g/mol. The van der Waals surface area contributed by atoms with Crippen molar-refractivity contribution in [2.24, 2.45) is 13.0 Å². The van der Waals surface area contributed by atoms with Crippen molar-refractivity contribution in [2.75, 3.05) is 5.32 Å². The Labute approximate surface area is 134 Å². The summed E-state index contributed by atoms with van der Waals surface area (Å²) in [7, 11) is 1.69. The molecule has 21 heavy (non-hydrogen) atoms. The lowest BCUT2D eigenvalue weighted by Crippen LogP contribution is -2.22. The van der Waals surface area contributed by atoms with E-state index < -0.39 is 11.7 Å². The molecule has 0 bridgehead atoms. The number of hydrogen-bond acceptors (Lipinski definition) is 5. The average Bonchev–Trinajstić information content (AvgIpc) is 2.98. The van der Waals surface area contributed by atoms with Crippen molar-refractivity contribution in [3.63, 3.8) is 0 Å². The van der Waals surface area contributed by atoms with E-state index in [1.165, 1.54) is 17.1 Å². The third-order valence-corrected chi connectivity index (χ3v) is 4.62. The van der Waals surface area contributed by atoms with Gasteiger partial charge in [-0.2, -0.15) is 9.47 Å². The number of carbonyl (C=O) groups excluding carboxylic acids is 2. The van der Waals surface area contributed by atoms with Crippen molar-refractivity contribution in [3.05, 3.63) is 28.1 Å². The zero-order valence-electron chi connectivity index (χ0n) is 11.9. The lowest BCUT2D eigenvalue weighted by atomic mass is 10.1. The highest BCUT2D eigenvalue weighted by Gasteiger charge is 2.21. The monoisotopic (exact) mass is 370 g/mol. The molecule has 1 N–H and O–H groups in total. The quantitative estimate of drug-likeness (QED) is 0.648. The van der Waals surface area contributed by atoms with Gasteiger partial charge in [-0.15, -0.1) is 0 Å². The fraction of sp³-hybridized carbons (Fsp3) is 0.385. The third-order valence-electron chi connectivity index (χ3n) is 2.70. The minimum Gasteiger partial charge on any atom is -0.308 e. The number of ketones is 1. The molecule has 0 aliphatic heterocycles. The third kappa shape index (κ3) is 3.76. The van der Waals surface area contributed by atoms with E-state index in [9.17, 15) is 9.59 Å². The van der Waals surface area contributed by atoms with Crippen LogP contribution in [-0.4, -0.2) is 25.8 Å². The first-order valence-corrected chi connectivity index (χ1v) is 7.93. The highest BCUT2D eigenvalue weighted by molar-refractivity contribution is 9.10. The minimum absolute atomic E-state index is 0.262. The van der Waals surface area contributed by atoms with Gasteiger partial charge in [0.1, 0.15) is 5.00 Å². The van der Waals surface area contributed by atoms with Crippen LogP contribution in [0.1, 0.15) is 29.9 Å². The summed E-state index contributed by atoms with van der Waals surface area (Å²) in [6.45, 7) is 4.19. The number of carbonyl (C=O) groups is 2. The number of nitrogens with one attached hydrogen (secondary N) is 1. The van der Waals surface area contributed by atoms with Gasteiger partial charge in [-0.25, -0.2) is 0 Å². The van der Waals surface area contributed by atoms with Crippen LogP contribution in [0.2, 0.25) is 0 Å². The first kappa shape index (κ1) is 15.8. The molecule has 2 aromatic rings. The number of rotatable bonds is 5. The van der Waals surface area contributed by atoms with Crippen molar-refractivity contribution in [3.8, 4) is 0 Å². The Morgan fingerprint density at radius 3 is 2.76 bits per heavy atom. The highest BCUT2D eigenvalue weighted by Crippen LogP contribution is 2.32. The Morgan fingerprint density at radius 1 is 1.48 bits per heavy atom. The molecule has 2 aromatic heterocycles. The lowest BCUT2D eigenvalue weighted by molar-refractivity contribution is -0.112. The largest absolute Gasteiger partial charge is 0.308 e. The molecule has 0 fully saturated rings. The van der Waals surface area contributed by atoms with Crippen molar-refractivity contribution < 1.29 is 9.59 Å². The van der Waals surface area contributed by atoms with Crippen LogP contribution in [0.4, 0.5) is 5.00 Å². The molecule has 1 amide bonds. The Balaban J connectivity index is 2.09. The van der Waals surface area contributed by atoms with Gasteiger partial charge in [0.2, 0.25) is 0 Å². The van der Waals surface area contributed by atoms with Gasteiger partial charge in [0.05, 0.1) is 21.9 Å². The van der Waals surface area contributed by atoms with Crippen LogP contribution in [0.25, 0.3) is 0 Å². The van der Waals surface area contributed by atoms with Crippen LogP contribution in [0.5, 0.6) is 0 Å². The number of hydrogen-bond donors (Lipinski definition) is 1. The van der Waals surface area contributed by atoms with E-state index in [4.69, 9.17) is 0 Å². The van der Waals surface area contributed by atoms with Crippen LogP contribution < -0.4 is 5.32 Å². The fourth-order valence-electron chi connectivity index (χ4n) is 1.73. The summed E-state index contributed by atoms with van der Waals surface area (Å²) < 4.78 is 6.52. The standard InChI is InChI=1S/C13H15BrN4O2S/c1-7(2)4-9-10(14)13(21-17-9)16-12(20)11(19)8-5-15-18(3)6-8/h5-7H,4H2,1-3H3,(H,16,20). The number of nitrogens with zero attached hydrogens (tertiary/aromatic N) is 3. The first-order valence-electron chi connectivity index (χ1n) is 6.36. The normalized spacial score (nSPS) is 10.9.